The number of likely N-dealkylation sites (N-methyl/N-ethyl adjacent to an activating group) is 1. The van der Waals surface area contributed by atoms with Gasteiger partial charge in [0.2, 0.25) is 11.2 Å². The number of thiophene rings is 2. The van der Waals surface area contributed by atoms with Crippen LogP contribution in [0.3, 0.4) is 0 Å². The molecule has 12 heteroatoms. The second kappa shape index (κ2) is 15.7. The summed E-state index contributed by atoms with van der Waals surface area (Å²) in [6, 6.07) is 21.5. The molecule has 1 aliphatic carbocycles. The summed E-state index contributed by atoms with van der Waals surface area (Å²) in [4.78, 5) is 31.0. The quantitative estimate of drug-likeness (QED) is 0.0977. The van der Waals surface area contributed by atoms with Crippen LogP contribution in [0.1, 0.15) is 52.7 Å². The summed E-state index contributed by atoms with van der Waals surface area (Å²) in [6.45, 7) is 2.13. The Hall–Kier alpha value is -4.04. The Morgan fingerprint density at radius 1 is 1.00 bits per heavy atom. The normalized spacial score (nSPS) is 17.3. The Labute approximate surface area is 292 Å². The Balaban J connectivity index is 0.909. The highest BCUT2D eigenvalue weighted by molar-refractivity contribution is 7.12. The number of carbonyl (C=O) groups excluding carboxylic acids is 1. The zero-order chi connectivity index (χ0) is 34.4. The number of aromatic amines is 1. The molecule has 0 saturated heterocycles. The zero-order valence-electron chi connectivity index (χ0n) is 27.2. The number of phenols is 1. The van der Waals surface area contributed by atoms with Crippen molar-refractivity contribution in [2.45, 2.75) is 56.1 Å². The summed E-state index contributed by atoms with van der Waals surface area (Å²) in [5.41, 5.74) is -0.125. The van der Waals surface area contributed by atoms with Crippen LogP contribution in [0, 0.1) is 0 Å². The maximum atomic E-state index is 13.3. The number of rotatable bonds is 14. The molecule has 49 heavy (non-hydrogen) atoms. The molecule has 2 aromatic carbocycles. The van der Waals surface area contributed by atoms with Crippen molar-refractivity contribution < 1.29 is 29.6 Å². The van der Waals surface area contributed by atoms with Gasteiger partial charge < -0.3 is 40.0 Å². The highest BCUT2D eigenvalue weighted by Crippen LogP contribution is 2.38. The minimum absolute atomic E-state index is 0.0384. The molecule has 5 N–H and O–H groups in total. The van der Waals surface area contributed by atoms with Gasteiger partial charge in [0.1, 0.15) is 24.2 Å². The molecule has 258 valence electrons. The first kappa shape index (κ1) is 34.8. The number of carbonyl (C=O) groups is 1. The van der Waals surface area contributed by atoms with Crippen LogP contribution in [0.2, 0.25) is 0 Å². The summed E-state index contributed by atoms with van der Waals surface area (Å²) < 4.78 is 11.9. The molecule has 0 amide bonds. The molecular formula is C37H41N3O7S2. The number of aliphatic hydroxyl groups excluding tert-OH is 1. The van der Waals surface area contributed by atoms with E-state index in [2.05, 4.69) is 22.2 Å². The molecule has 1 atom stereocenters. The molecule has 10 nitrogen and oxygen atoms in total. The average molecular weight is 704 g/mol. The lowest BCUT2D eigenvalue weighted by atomic mass is 9.91. The summed E-state index contributed by atoms with van der Waals surface area (Å²) in [5, 5.41) is 40.0. The third kappa shape index (κ3) is 8.07. The van der Waals surface area contributed by atoms with Gasteiger partial charge in [0.05, 0.1) is 21.4 Å². The van der Waals surface area contributed by atoms with E-state index in [0.29, 0.717) is 52.0 Å². The molecule has 0 aliphatic heterocycles. The van der Waals surface area contributed by atoms with Gasteiger partial charge >= 0.3 is 5.97 Å². The van der Waals surface area contributed by atoms with E-state index < -0.39 is 17.7 Å². The Morgan fingerprint density at radius 3 is 2.35 bits per heavy atom. The second-order valence-corrected chi connectivity index (χ2v) is 14.3. The Morgan fingerprint density at radius 2 is 1.69 bits per heavy atom. The van der Waals surface area contributed by atoms with Crippen LogP contribution in [0.5, 0.6) is 11.5 Å². The molecule has 0 bridgehead atoms. The van der Waals surface area contributed by atoms with E-state index in [0.717, 1.165) is 43.5 Å². The van der Waals surface area contributed by atoms with E-state index in [1.165, 1.54) is 34.8 Å². The lowest BCUT2D eigenvalue weighted by Crippen LogP contribution is -2.42. The number of hydrogen-bond donors (Lipinski definition) is 5. The first-order valence-corrected chi connectivity index (χ1v) is 18.2. The lowest BCUT2D eigenvalue weighted by molar-refractivity contribution is -0.169. The van der Waals surface area contributed by atoms with Gasteiger partial charge in [-0.05, 0) is 91.0 Å². The monoisotopic (exact) mass is 703 g/mol. The fraction of sp³-hybridized carbons (Fsp3) is 0.351. The Kier molecular flexibility index (Phi) is 11.1. The van der Waals surface area contributed by atoms with Crippen LogP contribution in [-0.2, 0) is 21.7 Å². The van der Waals surface area contributed by atoms with Crippen LogP contribution < -0.4 is 15.6 Å². The molecule has 0 radical (unpaired) electrons. The average Bonchev–Trinajstić information content (AvgIpc) is 3.86. The maximum absolute atomic E-state index is 13.3. The van der Waals surface area contributed by atoms with Gasteiger partial charge in [-0.1, -0.05) is 30.3 Å². The van der Waals surface area contributed by atoms with Crippen LogP contribution >= 0.6 is 22.7 Å². The van der Waals surface area contributed by atoms with E-state index in [1.807, 2.05) is 47.2 Å². The summed E-state index contributed by atoms with van der Waals surface area (Å²) in [5.74, 6) is 0.134. The standard InChI is InChI=1S/C37H41N3O7S2/c1-40(25-8-12-27(13-9-25)47-36(44)37(45,32-4-2-20-48-32)33-5-3-21-49-33)18-19-46-26-10-6-24(7-11-26)22-38-23-31(42)28-14-16-30(41)35-29(28)15-17-34(43)39-35/h2-7,10-11,14-17,20-21,25,27,31,38,41-42,45H,8-9,12-13,18-19,22-23H2,1H3,(H,39,43)/t25?,27?,31-/m1/s1. The highest BCUT2D eigenvalue weighted by atomic mass is 32.1. The number of aromatic nitrogens is 1. The first-order valence-electron chi connectivity index (χ1n) is 16.4. The van der Waals surface area contributed by atoms with E-state index in [4.69, 9.17) is 9.47 Å². The van der Waals surface area contributed by atoms with Crippen molar-refractivity contribution in [3.8, 4) is 11.5 Å². The molecule has 1 fully saturated rings. The fourth-order valence-corrected chi connectivity index (χ4v) is 8.05. The van der Waals surface area contributed by atoms with E-state index in [1.54, 1.807) is 24.3 Å². The molecule has 5 aromatic rings. The van der Waals surface area contributed by atoms with Crippen molar-refractivity contribution in [3.63, 3.8) is 0 Å². The number of fused-ring (bicyclic) bond motifs is 1. The number of nitrogens with one attached hydrogen (secondary N) is 2. The molecular weight excluding hydrogens is 663 g/mol. The van der Waals surface area contributed by atoms with Crippen LogP contribution in [0.25, 0.3) is 10.9 Å². The third-order valence-electron chi connectivity index (χ3n) is 9.16. The largest absolute Gasteiger partial charge is 0.506 e. The molecule has 6 rings (SSSR count). The second-order valence-electron chi connectivity index (χ2n) is 12.4. The third-order valence-corrected chi connectivity index (χ3v) is 11.1. The summed E-state index contributed by atoms with van der Waals surface area (Å²) in [7, 11) is 2.09. The molecule has 1 aliphatic rings. The fourth-order valence-electron chi connectivity index (χ4n) is 6.34. The van der Waals surface area contributed by atoms with Crippen molar-refractivity contribution in [1.82, 2.24) is 15.2 Å². The minimum Gasteiger partial charge on any atom is -0.506 e. The Bertz CT molecular complexity index is 1830. The zero-order valence-corrected chi connectivity index (χ0v) is 28.8. The van der Waals surface area contributed by atoms with Crippen molar-refractivity contribution in [3.05, 3.63) is 115 Å². The SMILES string of the molecule is CN(CCOc1ccc(CNC[C@@H](O)c2ccc(O)c3[nH]c(=O)ccc23)cc1)C1CCC(OC(=O)C(O)(c2cccs2)c2cccs2)CC1. The number of esters is 1. The van der Waals surface area contributed by atoms with Gasteiger partial charge in [-0.2, -0.15) is 0 Å². The van der Waals surface area contributed by atoms with Crippen LogP contribution in [-0.4, -0.2) is 70.1 Å². The van der Waals surface area contributed by atoms with Gasteiger partial charge in [0, 0.05) is 37.1 Å². The van der Waals surface area contributed by atoms with E-state index >= 15 is 0 Å². The first-order chi connectivity index (χ1) is 23.7. The number of benzene rings is 2. The van der Waals surface area contributed by atoms with Gasteiger partial charge in [-0.3, -0.25) is 4.79 Å². The van der Waals surface area contributed by atoms with Crippen LogP contribution in [0.4, 0.5) is 0 Å². The number of aromatic hydroxyl groups is 1. The molecule has 1 saturated carbocycles. The number of hydrogen-bond acceptors (Lipinski definition) is 11. The topological polar surface area (TPSA) is 144 Å². The summed E-state index contributed by atoms with van der Waals surface area (Å²) >= 11 is 2.69. The number of pyridine rings is 1. The molecule has 3 heterocycles. The van der Waals surface area contributed by atoms with Gasteiger partial charge in [0.25, 0.3) is 0 Å². The van der Waals surface area contributed by atoms with Crippen LogP contribution in [0.15, 0.2) is 88.4 Å². The number of aliphatic hydroxyl groups is 2. The van der Waals surface area contributed by atoms with Crippen molar-refractivity contribution in [1.29, 1.82) is 0 Å². The predicted octanol–water partition coefficient (Wildman–Crippen LogP) is 5.28. The smallest absolute Gasteiger partial charge is 0.349 e. The van der Waals surface area contributed by atoms with Crippen molar-refractivity contribution >= 4 is 39.5 Å². The number of H-pyrrole nitrogens is 1. The van der Waals surface area contributed by atoms with Crippen molar-refractivity contribution in [2.24, 2.45) is 0 Å². The molecule has 3 aromatic heterocycles. The van der Waals surface area contributed by atoms with Gasteiger partial charge in [-0.25, -0.2) is 4.79 Å². The van der Waals surface area contributed by atoms with Crippen molar-refractivity contribution in [2.75, 3.05) is 26.7 Å². The number of phenolic OH excluding ortho intramolecular Hbond substituents is 1. The number of nitrogens with zero attached hydrogens (tertiary/aromatic N) is 1. The minimum atomic E-state index is -1.78. The van der Waals surface area contributed by atoms with Gasteiger partial charge in [-0.15, -0.1) is 22.7 Å². The predicted molar refractivity (Wildman–Crippen MR) is 191 cm³/mol. The highest BCUT2D eigenvalue weighted by Gasteiger charge is 2.45. The summed E-state index contributed by atoms with van der Waals surface area (Å²) in [6.07, 6.45) is 2.21. The van der Waals surface area contributed by atoms with E-state index in [-0.39, 0.29) is 17.4 Å². The van der Waals surface area contributed by atoms with Gasteiger partial charge in [0.15, 0.2) is 0 Å². The maximum Gasteiger partial charge on any atom is 0.349 e. The lowest BCUT2D eigenvalue weighted by Gasteiger charge is -2.35. The number of ether oxygens (including phenoxy) is 2. The van der Waals surface area contributed by atoms with E-state index in [9.17, 15) is 24.9 Å². The molecule has 0 spiro atoms. The molecule has 0 unspecified atom stereocenters.